The molecule has 12 nitrogen and oxygen atoms in total. The van der Waals surface area contributed by atoms with Crippen molar-refractivity contribution in [1.82, 2.24) is 14.9 Å². The van der Waals surface area contributed by atoms with E-state index in [2.05, 4.69) is 26.2 Å². The molecule has 1 aliphatic heterocycles. The number of benzene rings is 1. The number of hydrogen-bond donors (Lipinski definition) is 1. The van der Waals surface area contributed by atoms with E-state index in [0.29, 0.717) is 0 Å². The molecular weight excluding hydrogens is 521 g/mol. The highest BCUT2D eigenvalue weighted by Crippen LogP contribution is 2.30. The van der Waals surface area contributed by atoms with Crippen LogP contribution in [0.1, 0.15) is 25.3 Å². The predicted octanol–water partition coefficient (Wildman–Crippen LogP) is 2.50. The minimum absolute atomic E-state index is 0.0205. The van der Waals surface area contributed by atoms with E-state index < -0.39 is 40.6 Å². The normalized spacial score (nSPS) is 16.2. The standard InChI is InChI=1S/C20H21BrFN5O7/c1-3-33-18(29)15(9-25-10-17(27(31)32)24-19(25)21)14-5-4-12(6-16(14)22)26-8-13(34-20(26)30)7-23-11(2)28/h4-6,10,13,15H,3,7-9H2,1-2H3,(H,23,28)/t13-,15?/m0/s1. The summed E-state index contributed by atoms with van der Waals surface area (Å²) in [6.07, 6.45) is -0.169. The Labute approximate surface area is 201 Å². The van der Waals surface area contributed by atoms with E-state index in [-0.39, 0.29) is 48.1 Å². The Kier molecular flexibility index (Phi) is 7.81. The van der Waals surface area contributed by atoms with Crippen LogP contribution in [0.25, 0.3) is 0 Å². The number of nitrogens with one attached hydrogen (secondary N) is 1. The summed E-state index contributed by atoms with van der Waals surface area (Å²) in [5.74, 6) is -3.36. The average Bonchev–Trinajstić information content (AvgIpc) is 3.33. The van der Waals surface area contributed by atoms with Crippen LogP contribution >= 0.6 is 15.9 Å². The number of halogens is 2. The third kappa shape index (κ3) is 5.68. The molecule has 3 rings (SSSR count). The van der Waals surface area contributed by atoms with Crippen molar-refractivity contribution >= 4 is 45.4 Å². The molecular formula is C20H21BrFN5O7. The number of imidazole rings is 1. The molecule has 2 heterocycles. The molecule has 2 aromatic rings. The Balaban J connectivity index is 1.85. The van der Waals surface area contributed by atoms with Crippen LogP contribution in [0.3, 0.4) is 0 Å². The first kappa shape index (κ1) is 25.1. The second-order valence-corrected chi connectivity index (χ2v) is 8.05. The molecule has 14 heteroatoms. The lowest BCUT2D eigenvalue weighted by atomic mass is 9.97. The number of amides is 2. The summed E-state index contributed by atoms with van der Waals surface area (Å²) < 4.78 is 26.8. The van der Waals surface area contributed by atoms with E-state index in [9.17, 15) is 24.5 Å². The van der Waals surface area contributed by atoms with E-state index >= 15 is 4.39 Å². The largest absolute Gasteiger partial charge is 0.465 e. The van der Waals surface area contributed by atoms with Gasteiger partial charge in [-0.15, -0.1) is 0 Å². The minimum atomic E-state index is -1.14. The zero-order valence-electron chi connectivity index (χ0n) is 18.2. The fourth-order valence-electron chi connectivity index (χ4n) is 3.40. The van der Waals surface area contributed by atoms with Crippen LogP contribution in [-0.4, -0.2) is 58.2 Å². The average molecular weight is 542 g/mol. The van der Waals surface area contributed by atoms with E-state index in [1.165, 1.54) is 28.5 Å². The van der Waals surface area contributed by atoms with Crippen molar-refractivity contribution in [2.45, 2.75) is 32.4 Å². The Morgan fingerprint density at radius 3 is 2.79 bits per heavy atom. The summed E-state index contributed by atoms with van der Waals surface area (Å²) >= 11 is 3.10. The summed E-state index contributed by atoms with van der Waals surface area (Å²) in [5.41, 5.74) is 0.187. The number of nitrogens with zero attached hydrogens (tertiary/aromatic N) is 4. The lowest BCUT2D eigenvalue weighted by Gasteiger charge is -2.19. The van der Waals surface area contributed by atoms with E-state index in [0.717, 1.165) is 12.3 Å². The Hall–Kier alpha value is -3.55. The molecule has 182 valence electrons. The van der Waals surface area contributed by atoms with Gasteiger partial charge in [0, 0.05) is 35.0 Å². The van der Waals surface area contributed by atoms with Gasteiger partial charge in [0.1, 0.15) is 24.0 Å². The Morgan fingerprint density at radius 1 is 1.47 bits per heavy atom. The van der Waals surface area contributed by atoms with Gasteiger partial charge in [0.2, 0.25) is 5.91 Å². The summed E-state index contributed by atoms with van der Waals surface area (Å²) in [7, 11) is 0. The minimum Gasteiger partial charge on any atom is -0.465 e. The van der Waals surface area contributed by atoms with Crippen LogP contribution in [0, 0.1) is 15.9 Å². The smallest absolute Gasteiger partial charge is 0.414 e. The highest BCUT2D eigenvalue weighted by atomic mass is 79.9. The zero-order valence-corrected chi connectivity index (χ0v) is 19.8. The van der Waals surface area contributed by atoms with Crippen LogP contribution in [0.2, 0.25) is 0 Å². The van der Waals surface area contributed by atoms with Gasteiger partial charge in [-0.05, 0) is 29.0 Å². The molecule has 2 amide bonds. The number of esters is 1. The molecule has 1 unspecified atom stereocenters. The summed E-state index contributed by atoms with van der Waals surface area (Å²) in [6, 6.07) is 3.90. The van der Waals surface area contributed by atoms with Crippen molar-refractivity contribution in [1.29, 1.82) is 0 Å². The SMILES string of the molecule is CCOC(=O)C(Cn1cc([N+](=O)[O-])nc1Br)c1ccc(N2C[C@H](CNC(C)=O)OC2=O)cc1F. The van der Waals surface area contributed by atoms with Crippen LogP contribution in [-0.2, 0) is 25.6 Å². The number of ether oxygens (including phenoxy) is 2. The topological polar surface area (TPSA) is 146 Å². The number of aromatic nitrogens is 2. The fourth-order valence-corrected chi connectivity index (χ4v) is 3.83. The molecule has 2 atom stereocenters. The number of nitro groups is 1. The number of carbonyl (C=O) groups excluding carboxylic acids is 3. The molecule has 1 aliphatic rings. The van der Waals surface area contributed by atoms with Gasteiger partial charge in [0.05, 0.1) is 25.4 Å². The number of hydrogen-bond acceptors (Lipinski definition) is 8. The molecule has 0 spiro atoms. The molecule has 1 aromatic heterocycles. The molecule has 0 saturated carbocycles. The van der Waals surface area contributed by atoms with Crippen molar-refractivity contribution in [2.24, 2.45) is 0 Å². The Morgan fingerprint density at radius 2 is 2.21 bits per heavy atom. The molecule has 1 aromatic carbocycles. The lowest BCUT2D eigenvalue weighted by molar-refractivity contribution is -0.389. The van der Waals surface area contributed by atoms with Gasteiger partial charge in [-0.25, -0.2) is 9.18 Å². The first-order valence-corrected chi connectivity index (χ1v) is 11.0. The summed E-state index contributed by atoms with van der Waals surface area (Å²) in [6.45, 7) is 3.03. The molecule has 0 radical (unpaired) electrons. The number of rotatable bonds is 9. The number of carbonyl (C=O) groups is 3. The summed E-state index contributed by atoms with van der Waals surface area (Å²) in [4.78, 5) is 51.2. The number of anilines is 1. The zero-order chi connectivity index (χ0) is 25.0. The first-order chi connectivity index (χ1) is 16.1. The quantitative estimate of drug-likeness (QED) is 0.289. The van der Waals surface area contributed by atoms with Gasteiger partial charge in [0.15, 0.2) is 0 Å². The highest BCUT2D eigenvalue weighted by Gasteiger charge is 2.34. The van der Waals surface area contributed by atoms with Crippen molar-refractivity contribution in [3.63, 3.8) is 0 Å². The third-order valence-corrected chi connectivity index (χ3v) is 5.61. The highest BCUT2D eigenvalue weighted by molar-refractivity contribution is 9.10. The molecule has 1 saturated heterocycles. The van der Waals surface area contributed by atoms with Crippen LogP contribution < -0.4 is 10.2 Å². The van der Waals surface area contributed by atoms with Crippen LogP contribution in [0.5, 0.6) is 0 Å². The second-order valence-electron chi connectivity index (χ2n) is 7.34. The first-order valence-electron chi connectivity index (χ1n) is 10.2. The third-order valence-electron chi connectivity index (χ3n) is 4.98. The van der Waals surface area contributed by atoms with E-state index in [4.69, 9.17) is 9.47 Å². The summed E-state index contributed by atoms with van der Waals surface area (Å²) in [5, 5.41) is 13.5. The fraction of sp³-hybridized carbons (Fsp3) is 0.400. The maximum atomic E-state index is 15.2. The van der Waals surface area contributed by atoms with Crippen molar-refractivity contribution in [2.75, 3.05) is 24.6 Å². The maximum Gasteiger partial charge on any atom is 0.414 e. The maximum absolute atomic E-state index is 15.2. The molecule has 0 bridgehead atoms. The van der Waals surface area contributed by atoms with Gasteiger partial charge in [-0.3, -0.25) is 19.1 Å². The molecule has 34 heavy (non-hydrogen) atoms. The monoisotopic (exact) mass is 541 g/mol. The molecule has 1 N–H and O–H groups in total. The van der Waals surface area contributed by atoms with Crippen molar-refractivity contribution < 1.29 is 33.2 Å². The second kappa shape index (κ2) is 10.6. The van der Waals surface area contributed by atoms with Crippen molar-refractivity contribution in [3.8, 4) is 0 Å². The van der Waals surface area contributed by atoms with Crippen molar-refractivity contribution in [3.05, 3.63) is 50.6 Å². The van der Waals surface area contributed by atoms with E-state index in [1.807, 2.05) is 0 Å². The van der Waals surface area contributed by atoms with Gasteiger partial charge >= 0.3 is 17.9 Å². The van der Waals surface area contributed by atoms with Crippen LogP contribution in [0.15, 0.2) is 29.1 Å². The lowest BCUT2D eigenvalue weighted by Crippen LogP contribution is -2.33. The molecule has 0 aliphatic carbocycles. The van der Waals surface area contributed by atoms with Gasteiger partial charge < -0.3 is 24.9 Å². The van der Waals surface area contributed by atoms with E-state index in [1.54, 1.807) is 6.92 Å². The number of cyclic esters (lactones) is 1. The molecule has 1 fully saturated rings. The Bertz CT molecular complexity index is 1120. The predicted molar refractivity (Wildman–Crippen MR) is 119 cm³/mol. The van der Waals surface area contributed by atoms with Gasteiger partial charge in [-0.2, -0.15) is 0 Å². The van der Waals surface area contributed by atoms with Gasteiger partial charge in [0.25, 0.3) is 4.73 Å². The van der Waals surface area contributed by atoms with Crippen LogP contribution in [0.4, 0.5) is 20.7 Å². The van der Waals surface area contributed by atoms with Gasteiger partial charge in [-0.1, -0.05) is 6.07 Å².